The van der Waals surface area contributed by atoms with E-state index in [0.29, 0.717) is 16.5 Å². The van der Waals surface area contributed by atoms with Gasteiger partial charge >= 0.3 is 0 Å². The molecule has 0 aliphatic heterocycles. The van der Waals surface area contributed by atoms with Crippen molar-refractivity contribution in [3.63, 3.8) is 0 Å². The van der Waals surface area contributed by atoms with Crippen LogP contribution in [-0.4, -0.2) is 42.2 Å². The minimum absolute atomic E-state index is 0.0481. The minimum Gasteiger partial charge on any atom is -0.348 e. The molecule has 1 amide bonds. The summed E-state index contributed by atoms with van der Waals surface area (Å²) in [6.45, 7) is 8.49. The van der Waals surface area contributed by atoms with Crippen molar-refractivity contribution in [3.8, 4) is 5.69 Å². The summed E-state index contributed by atoms with van der Waals surface area (Å²) < 4.78 is 3.74. The summed E-state index contributed by atoms with van der Waals surface area (Å²) in [6.07, 6.45) is 1.02. The standard InChI is InChI=1S/C20H24N6O2S/c1-5-9-25-13(2)10-18(14(25)3)19(28)12-29-20-22-23-24-26(20)17-8-6-7-16(11-17)21-15(4)27/h6-8,10-11H,5,9,12H2,1-4H3,(H,21,27). The van der Waals surface area contributed by atoms with Gasteiger partial charge in [-0.05, 0) is 55.0 Å². The fourth-order valence-corrected chi connectivity index (χ4v) is 3.98. The number of nitrogens with zero attached hydrogens (tertiary/aromatic N) is 5. The van der Waals surface area contributed by atoms with E-state index in [1.807, 2.05) is 32.0 Å². The van der Waals surface area contributed by atoms with Crippen molar-refractivity contribution < 1.29 is 9.59 Å². The summed E-state index contributed by atoms with van der Waals surface area (Å²) in [4.78, 5) is 24.1. The first-order valence-electron chi connectivity index (χ1n) is 9.39. The predicted molar refractivity (Wildman–Crippen MR) is 113 cm³/mol. The number of carbonyl (C=O) groups excluding carboxylic acids is 2. The fraction of sp³-hybridized carbons (Fsp3) is 0.350. The van der Waals surface area contributed by atoms with Crippen molar-refractivity contribution in [2.45, 2.75) is 45.8 Å². The number of hydrogen-bond donors (Lipinski definition) is 1. The number of amides is 1. The van der Waals surface area contributed by atoms with Crippen LogP contribution in [-0.2, 0) is 11.3 Å². The van der Waals surface area contributed by atoms with Crippen LogP contribution >= 0.6 is 11.8 Å². The Morgan fingerprint density at radius 1 is 1.21 bits per heavy atom. The highest BCUT2D eigenvalue weighted by molar-refractivity contribution is 7.99. The highest BCUT2D eigenvalue weighted by atomic mass is 32.2. The van der Waals surface area contributed by atoms with Gasteiger partial charge in [-0.25, -0.2) is 0 Å². The van der Waals surface area contributed by atoms with E-state index in [1.165, 1.54) is 18.7 Å². The lowest BCUT2D eigenvalue weighted by Crippen LogP contribution is -2.08. The van der Waals surface area contributed by atoms with Crippen molar-refractivity contribution in [3.05, 3.63) is 47.3 Å². The zero-order chi connectivity index (χ0) is 21.0. The Morgan fingerprint density at radius 2 is 2.00 bits per heavy atom. The number of carbonyl (C=O) groups is 2. The summed E-state index contributed by atoms with van der Waals surface area (Å²) in [5, 5.41) is 15.1. The average Bonchev–Trinajstić information content (AvgIpc) is 3.26. The third-order valence-corrected chi connectivity index (χ3v) is 5.42. The fourth-order valence-electron chi connectivity index (χ4n) is 3.21. The second kappa shape index (κ2) is 9.04. The molecule has 2 aromatic heterocycles. The van der Waals surface area contributed by atoms with Gasteiger partial charge in [0.05, 0.1) is 11.4 Å². The zero-order valence-electron chi connectivity index (χ0n) is 17.0. The quantitative estimate of drug-likeness (QED) is 0.450. The molecule has 0 fully saturated rings. The maximum Gasteiger partial charge on any atom is 0.221 e. The largest absolute Gasteiger partial charge is 0.348 e. The number of anilines is 1. The smallest absolute Gasteiger partial charge is 0.221 e. The number of benzene rings is 1. The zero-order valence-corrected chi connectivity index (χ0v) is 17.8. The summed E-state index contributed by atoms with van der Waals surface area (Å²) in [5.74, 6) is 0.133. The SMILES string of the molecule is CCCn1c(C)cc(C(=O)CSc2nnnn2-c2cccc(NC(C)=O)c2)c1C. The Morgan fingerprint density at radius 3 is 2.72 bits per heavy atom. The van der Waals surface area contributed by atoms with E-state index in [9.17, 15) is 9.59 Å². The summed E-state index contributed by atoms with van der Waals surface area (Å²) in [5.41, 5.74) is 4.20. The molecule has 0 unspecified atom stereocenters. The third kappa shape index (κ3) is 4.73. The molecular weight excluding hydrogens is 388 g/mol. The van der Waals surface area contributed by atoms with Crippen molar-refractivity contribution in [1.29, 1.82) is 0 Å². The predicted octanol–water partition coefficient (Wildman–Crippen LogP) is 3.42. The molecule has 3 rings (SSSR count). The average molecular weight is 413 g/mol. The second-order valence-electron chi connectivity index (χ2n) is 6.75. The first-order chi connectivity index (χ1) is 13.9. The van der Waals surface area contributed by atoms with Gasteiger partial charge in [-0.15, -0.1) is 5.10 Å². The Labute approximate surface area is 173 Å². The molecule has 0 saturated carbocycles. The van der Waals surface area contributed by atoms with Gasteiger partial charge in [-0.3, -0.25) is 9.59 Å². The Balaban J connectivity index is 1.75. The van der Waals surface area contributed by atoms with Crippen LogP contribution in [0, 0.1) is 13.8 Å². The molecule has 152 valence electrons. The molecular formula is C20H24N6O2S. The normalized spacial score (nSPS) is 10.9. The molecule has 1 aromatic carbocycles. The van der Waals surface area contributed by atoms with Crippen LogP contribution in [0.5, 0.6) is 0 Å². The van der Waals surface area contributed by atoms with Crippen molar-refractivity contribution in [2.24, 2.45) is 0 Å². The molecule has 9 heteroatoms. The van der Waals surface area contributed by atoms with Crippen molar-refractivity contribution >= 4 is 29.1 Å². The molecule has 3 aromatic rings. The van der Waals surface area contributed by atoms with E-state index in [1.54, 1.807) is 16.8 Å². The first-order valence-corrected chi connectivity index (χ1v) is 10.4. The molecule has 0 radical (unpaired) electrons. The molecule has 8 nitrogen and oxygen atoms in total. The van der Waals surface area contributed by atoms with Crippen LogP contribution in [0.25, 0.3) is 5.69 Å². The van der Waals surface area contributed by atoms with Crippen molar-refractivity contribution in [1.82, 2.24) is 24.8 Å². The van der Waals surface area contributed by atoms with Crippen LogP contribution in [0.15, 0.2) is 35.5 Å². The maximum absolute atomic E-state index is 12.8. The maximum atomic E-state index is 12.8. The van der Waals surface area contributed by atoms with Crippen LogP contribution in [0.4, 0.5) is 5.69 Å². The van der Waals surface area contributed by atoms with Gasteiger partial charge in [-0.2, -0.15) is 4.68 Å². The highest BCUT2D eigenvalue weighted by Gasteiger charge is 2.18. The van der Waals surface area contributed by atoms with Gasteiger partial charge in [0.2, 0.25) is 11.1 Å². The number of ketones is 1. The molecule has 0 atom stereocenters. The number of nitrogens with one attached hydrogen (secondary N) is 1. The van der Waals surface area contributed by atoms with E-state index in [0.717, 1.165) is 29.9 Å². The monoisotopic (exact) mass is 412 g/mol. The van der Waals surface area contributed by atoms with E-state index in [2.05, 4.69) is 32.3 Å². The van der Waals surface area contributed by atoms with Gasteiger partial charge in [0.25, 0.3) is 0 Å². The first kappa shape index (κ1) is 20.8. The number of Topliss-reactive ketones (excluding diaryl/α,β-unsaturated/α-hetero) is 1. The van der Waals surface area contributed by atoms with Crippen LogP contribution in [0.3, 0.4) is 0 Å². The lowest BCUT2D eigenvalue weighted by molar-refractivity contribution is -0.114. The summed E-state index contributed by atoms with van der Waals surface area (Å²) >= 11 is 1.29. The number of thioether (sulfide) groups is 1. The molecule has 0 aliphatic rings. The Bertz CT molecular complexity index is 1040. The molecule has 0 aliphatic carbocycles. The topological polar surface area (TPSA) is 94.7 Å². The molecule has 1 N–H and O–H groups in total. The van der Waals surface area contributed by atoms with Gasteiger partial charge in [0.1, 0.15) is 0 Å². The molecule has 29 heavy (non-hydrogen) atoms. The van der Waals surface area contributed by atoms with E-state index < -0.39 is 0 Å². The van der Waals surface area contributed by atoms with E-state index in [-0.39, 0.29) is 17.4 Å². The third-order valence-electron chi connectivity index (χ3n) is 4.51. The van der Waals surface area contributed by atoms with Gasteiger partial charge < -0.3 is 9.88 Å². The van der Waals surface area contributed by atoms with Gasteiger partial charge in [0.15, 0.2) is 5.78 Å². The van der Waals surface area contributed by atoms with Crippen LogP contribution < -0.4 is 5.32 Å². The lowest BCUT2D eigenvalue weighted by Gasteiger charge is -2.08. The number of hydrogen-bond acceptors (Lipinski definition) is 6. The number of rotatable bonds is 8. The molecule has 2 heterocycles. The number of aryl methyl sites for hydroxylation is 1. The van der Waals surface area contributed by atoms with Crippen LogP contribution in [0.2, 0.25) is 0 Å². The highest BCUT2D eigenvalue weighted by Crippen LogP contribution is 2.23. The van der Waals surface area contributed by atoms with Crippen molar-refractivity contribution in [2.75, 3.05) is 11.1 Å². The molecule has 0 bridgehead atoms. The second-order valence-corrected chi connectivity index (χ2v) is 7.70. The minimum atomic E-state index is -0.153. The van der Waals surface area contributed by atoms with E-state index in [4.69, 9.17) is 0 Å². The molecule has 0 spiro atoms. The Kier molecular flexibility index (Phi) is 6.48. The van der Waals surface area contributed by atoms with E-state index >= 15 is 0 Å². The molecule has 0 saturated heterocycles. The lowest BCUT2D eigenvalue weighted by atomic mass is 10.2. The Hall–Kier alpha value is -2.94. The summed E-state index contributed by atoms with van der Waals surface area (Å²) in [7, 11) is 0. The summed E-state index contributed by atoms with van der Waals surface area (Å²) in [6, 6.07) is 9.17. The number of aromatic nitrogens is 5. The number of tetrazole rings is 1. The van der Waals surface area contributed by atoms with Gasteiger partial charge in [-0.1, -0.05) is 24.8 Å². The van der Waals surface area contributed by atoms with Gasteiger partial charge in [0, 0.05) is 36.1 Å². The van der Waals surface area contributed by atoms with Crippen LogP contribution in [0.1, 0.15) is 42.0 Å².